The Morgan fingerprint density at radius 3 is 2.50 bits per heavy atom. The number of carboxylic acid groups (broad SMARTS) is 1. The van der Waals surface area contributed by atoms with E-state index < -0.39 is 36.0 Å². The van der Waals surface area contributed by atoms with Crippen LogP contribution in [0, 0.1) is 0 Å². The van der Waals surface area contributed by atoms with E-state index in [0.717, 1.165) is 12.8 Å². The second-order valence-corrected chi connectivity index (χ2v) is 5.98. The van der Waals surface area contributed by atoms with Crippen LogP contribution in [0.2, 0.25) is 0 Å². The predicted molar refractivity (Wildman–Crippen MR) is 86.9 cm³/mol. The molecule has 0 radical (unpaired) electrons. The van der Waals surface area contributed by atoms with E-state index in [0.29, 0.717) is 32.4 Å². The molecule has 9 heteroatoms. The molecule has 3 atom stereocenters. The molecule has 1 saturated heterocycles. The van der Waals surface area contributed by atoms with Crippen molar-refractivity contribution in [2.75, 3.05) is 19.6 Å². The molecule has 7 N–H and O–H groups in total. The van der Waals surface area contributed by atoms with Crippen molar-refractivity contribution in [3.63, 3.8) is 0 Å². The lowest BCUT2D eigenvalue weighted by Crippen LogP contribution is -2.56. The van der Waals surface area contributed by atoms with Crippen molar-refractivity contribution >= 4 is 17.8 Å². The van der Waals surface area contributed by atoms with Gasteiger partial charge in [-0.1, -0.05) is 12.8 Å². The molecule has 0 aromatic heterocycles. The summed E-state index contributed by atoms with van der Waals surface area (Å²) in [4.78, 5) is 36.8. The minimum atomic E-state index is -1.22. The Labute approximate surface area is 141 Å². The van der Waals surface area contributed by atoms with E-state index in [-0.39, 0.29) is 13.0 Å². The molecule has 1 aliphatic rings. The molecular weight excluding hydrogens is 316 g/mol. The first kappa shape index (κ1) is 20.3. The lowest BCUT2D eigenvalue weighted by molar-refractivity contribution is -0.149. The number of aliphatic hydroxyl groups excluding tert-OH is 1. The van der Waals surface area contributed by atoms with Gasteiger partial charge in [0.25, 0.3) is 0 Å². The molecular formula is C15H28N4O5. The minimum Gasteiger partial charge on any atom is -0.480 e. The predicted octanol–water partition coefficient (Wildman–Crippen LogP) is -1.61. The van der Waals surface area contributed by atoms with Crippen LogP contribution in [0.1, 0.15) is 38.5 Å². The highest BCUT2D eigenvalue weighted by Gasteiger charge is 2.37. The van der Waals surface area contributed by atoms with Crippen molar-refractivity contribution in [2.45, 2.75) is 56.7 Å². The molecule has 9 nitrogen and oxygen atoms in total. The monoisotopic (exact) mass is 344 g/mol. The van der Waals surface area contributed by atoms with Gasteiger partial charge in [-0.3, -0.25) is 9.59 Å². The summed E-state index contributed by atoms with van der Waals surface area (Å²) in [5.74, 6) is -2.26. The lowest BCUT2D eigenvalue weighted by atomic mass is 10.1. The van der Waals surface area contributed by atoms with Gasteiger partial charge in [0.15, 0.2) is 0 Å². The first-order valence-corrected chi connectivity index (χ1v) is 8.34. The number of hydrogen-bond acceptors (Lipinski definition) is 6. The third kappa shape index (κ3) is 5.73. The summed E-state index contributed by atoms with van der Waals surface area (Å²) < 4.78 is 0. The Bertz CT molecular complexity index is 446. The molecule has 1 aliphatic heterocycles. The van der Waals surface area contributed by atoms with Crippen LogP contribution >= 0.6 is 0 Å². The van der Waals surface area contributed by atoms with Crippen LogP contribution in [0.3, 0.4) is 0 Å². The fraction of sp³-hybridized carbons (Fsp3) is 0.800. The van der Waals surface area contributed by atoms with Gasteiger partial charge >= 0.3 is 5.97 Å². The number of carbonyl (C=O) groups is 3. The number of unbranched alkanes of at least 4 members (excludes halogenated alkanes) is 2. The molecule has 3 unspecified atom stereocenters. The number of likely N-dealkylation sites (tertiary alicyclic amines) is 1. The molecule has 2 amide bonds. The average Bonchev–Trinajstić information content (AvgIpc) is 3.05. The van der Waals surface area contributed by atoms with Crippen LogP contribution in [0.25, 0.3) is 0 Å². The van der Waals surface area contributed by atoms with E-state index in [9.17, 15) is 19.5 Å². The van der Waals surface area contributed by atoms with Crippen LogP contribution in [0.5, 0.6) is 0 Å². The molecule has 1 heterocycles. The average molecular weight is 344 g/mol. The van der Waals surface area contributed by atoms with E-state index in [1.165, 1.54) is 4.90 Å². The van der Waals surface area contributed by atoms with Crippen LogP contribution in [-0.2, 0) is 14.4 Å². The molecule has 0 aromatic carbocycles. The van der Waals surface area contributed by atoms with Gasteiger partial charge < -0.3 is 31.9 Å². The van der Waals surface area contributed by atoms with Crippen molar-refractivity contribution in [3.05, 3.63) is 0 Å². The number of carboxylic acids is 1. The van der Waals surface area contributed by atoms with Crippen molar-refractivity contribution < 1.29 is 24.6 Å². The van der Waals surface area contributed by atoms with Gasteiger partial charge in [0.2, 0.25) is 11.8 Å². The van der Waals surface area contributed by atoms with E-state index >= 15 is 0 Å². The number of hydrogen-bond donors (Lipinski definition) is 5. The van der Waals surface area contributed by atoms with Crippen molar-refractivity contribution in [1.82, 2.24) is 10.2 Å². The maximum atomic E-state index is 12.4. The number of rotatable bonds is 10. The number of nitrogens with zero attached hydrogens (tertiary/aromatic N) is 1. The quantitative estimate of drug-likeness (QED) is 0.298. The van der Waals surface area contributed by atoms with Crippen LogP contribution in [0.4, 0.5) is 0 Å². The smallest absolute Gasteiger partial charge is 0.326 e. The lowest BCUT2D eigenvalue weighted by Gasteiger charge is -2.27. The number of carbonyl (C=O) groups excluding carboxylic acids is 2. The number of nitrogens with two attached hydrogens (primary N) is 2. The van der Waals surface area contributed by atoms with Gasteiger partial charge in [-0.25, -0.2) is 4.79 Å². The molecule has 1 fully saturated rings. The first-order chi connectivity index (χ1) is 11.4. The Morgan fingerprint density at radius 2 is 1.92 bits per heavy atom. The summed E-state index contributed by atoms with van der Waals surface area (Å²) >= 11 is 0. The molecule has 0 aromatic rings. The second kappa shape index (κ2) is 10.2. The van der Waals surface area contributed by atoms with Gasteiger partial charge in [-0.05, 0) is 32.2 Å². The molecule has 0 bridgehead atoms. The summed E-state index contributed by atoms with van der Waals surface area (Å²) in [7, 11) is 0. The zero-order valence-corrected chi connectivity index (χ0v) is 13.8. The molecule has 0 aliphatic carbocycles. The Kier molecular flexibility index (Phi) is 8.66. The summed E-state index contributed by atoms with van der Waals surface area (Å²) in [5.41, 5.74) is 10.9. The van der Waals surface area contributed by atoms with Crippen LogP contribution in [-0.4, -0.2) is 70.7 Å². The topological polar surface area (TPSA) is 159 Å². The molecule has 138 valence electrons. The fourth-order valence-electron chi connectivity index (χ4n) is 2.77. The molecule has 1 rings (SSSR count). The summed E-state index contributed by atoms with van der Waals surface area (Å²) in [5, 5.41) is 21.4. The maximum Gasteiger partial charge on any atom is 0.326 e. The molecule has 0 saturated carbocycles. The molecule has 24 heavy (non-hydrogen) atoms. The number of nitrogens with one attached hydrogen (secondary N) is 1. The van der Waals surface area contributed by atoms with E-state index in [1.807, 2.05) is 0 Å². The highest BCUT2D eigenvalue weighted by atomic mass is 16.4. The normalized spacial score (nSPS) is 19.8. The van der Waals surface area contributed by atoms with Crippen molar-refractivity contribution in [1.29, 1.82) is 0 Å². The standard InChI is InChI=1S/C15H28N4O5/c16-7-3-1-2-6-12(20)13(21)18-10(9-17)14(22)19-8-4-5-11(19)15(23)24/h10-12,20H,1-9,16-17H2,(H,18,21)(H,23,24). The third-order valence-corrected chi connectivity index (χ3v) is 4.16. The van der Waals surface area contributed by atoms with E-state index in [4.69, 9.17) is 16.6 Å². The second-order valence-electron chi connectivity index (χ2n) is 5.98. The van der Waals surface area contributed by atoms with E-state index in [2.05, 4.69) is 5.32 Å². The zero-order chi connectivity index (χ0) is 18.1. The van der Waals surface area contributed by atoms with Crippen molar-refractivity contribution in [3.8, 4) is 0 Å². The largest absolute Gasteiger partial charge is 0.480 e. The van der Waals surface area contributed by atoms with Gasteiger partial charge in [-0.2, -0.15) is 0 Å². The summed E-state index contributed by atoms with van der Waals surface area (Å²) in [6.45, 7) is 0.726. The van der Waals surface area contributed by atoms with Crippen molar-refractivity contribution in [2.24, 2.45) is 11.5 Å². The first-order valence-electron chi connectivity index (χ1n) is 8.34. The fourth-order valence-corrected chi connectivity index (χ4v) is 2.77. The van der Waals surface area contributed by atoms with Crippen LogP contribution < -0.4 is 16.8 Å². The zero-order valence-electron chi connectivity index (χ0n) is 13.8. The highest BCUT2D eigenvalue weighted by molar-refractivity contribution is 5.92. The van der Waals surface area contributed by atoms with Gasteiger partial charge in [0.05, 0.1) is 0 Å². The maximum absolute atomic E-state index is 12.4. The van der Waals surface area contributed by atoms with Gasteiger partial charge in [0.1, 0.15) is 18.2 Å². The minimum absolute atomic E-state index is 0.159. The number of amides is 2. The van der Waals surface area contributed by atoms with Crippen LogP contribution in [0.15, 0.2) is 0 Å². The Hall–Kier alpha value is -1.71. The van der Waals surface area contributed by atoms with Gasteiger partial charge in [0, 0.05) is 13.1 Å². The Balaban J connectivity index is 2.54. The Morgan fingerprint density at radius 1 is 1.21 bits per heavy atom. The SMILES string of the molecule is NCCCCCC(O)C(=O)NC(CN)C(=O)N1CCCC1C(=O)O. The summed E-state index contributed by atoms with van der Waals surface area (Å²) in [6.07, 6.45) is 2.32. The molecule has 0 spiro atoms. The highest BCUT2D eigenvalue weighted by Crippen LogP contribution is 2.18. The van der Waals surface area contributed by atoms with E-state index in [1.54, 1.807) is 0 Å². The number of aliphatic hydroxyl groups is 1. The van der Waals surface area contributed by atoms with Gasteiger partial charge in [-0.15, -0.1) is 0 Å². The summed E-state index contributed by atoms with van der Waals surface area (Å²) in [6, 6.07) is -1.92. The third-order valence-electron chi connectivity index (χ3n) is 4.16. The number of aliphatic carboxylic acids is 1.